The molecule has 0 spiro atoms. The molecule has 0 aromatic heterocycles. The molecule has 1 aromatic rings. The molecular weight excluding hydrogens is 231 g/mol. The second kappa shape index (κ2) is 4.56. The summed E-state index contributed by atoms with van der Waals surface area (Å²) in [6.45, 7) is 0.763. The van der Waals surface area contributed by atoms with E-state index >= 15 is 0 Å². The third-order valence-corrected chi connectivity index (χ3v) is 3.00. The standard InChI is InChI=1S/C12H14F3NO/c1-17-8-4-5-10(12(13,14)15)9(7-8)11-3-2-6-16-11/h4-5,7,11,16H,2-3,6H2,1H3. The predicted octanol–water partition coefficient (Wildman–Crippen LogP) is 3.14. The third kappa shape index (κ3) is 2.54. The van der Waals surface area contributed by atoms with Gasteiger partial charge in [0.25, 0.3) is 0 Å². The van der Waals surface area contributed by atoms with Gasteiger partial charge in [-0.2, -0.15) is 13.2 Å². The molecule has 1 fully saturated rings. The summed E-state index contributed by atoms with van der Waals surface area (Å²) in [5, 5.41) is 3.08. The van der Waals surface area contributed by atoms with Crippen LogP contribution in [-0.4, -0.2) is 13.7 Å². The van der Waals surface area contributed by atoms with Crippen LogP contribution in [0.5, 0.6) is 5.75 Å². The normalized spacial score (nSPS) is 20.6. The number of hydrogen-bond donors (Lipinski definition) is 1. The van der Waals surface area contributed by atoms with E-state index in [0.717, 1.165) is 25.5 Å². The molecule has 1 atom stereocenters. The van der Waals surface area contributed by atoms with Crippen LogP contribution in [0.4, 0.5) is 13.2 Å². The number of ether oxygens (including phenoxy) is 1. The van der Waals surface area contributed by atoms with Crippen molar-refractivity contribution in [3.05, 3.63) is 29.3 Å². The monoisotopic (exact) mass is 245 g/mol. The maximum Gasteiger partial charge on any atom is 0.416 e. The van der Waals surface area contributed by atoms with Crippen LogP contribution < -0.4 is 10.1 Å². The number of benzene rings is 1. The van der Waals surface area contributed by atoms with Gasteiger partial charge in [-0.05, 0) is 43.1 Å². The number of alkyl halides is 3. The minimum Gasteiger partial charge on any atom is -0.497 e. The molecule has 0 amide bonds. The second-order valence-corrected chi connectivity index (χ2v) is 4.10. The van der Waals surface area contributed by atoms with Gasteiger partial charge in [-0.25, -0.2) is 0 Å². The zero-order chi connectivity index (χ0) is 12.5. The minimum atomic E-state index is -4.31. The molecule has 1 unspecified atom stereocenters. The molecule has 1 saturated heterocycles. The van der Waals surface area contributed by atoms with Gasteiger partial charge in [0.1, 0.15) is 5.75 Å². The average molecular weight is 245 g/mol. The van der Waals surface area contributed by atoms with E-state index in [2.05, 4.69) is 5.32 Å². The fourth-order valence-electron chi connectivity index (χ4n) is 2.16. The average Bonchev–Trinajstić information content (AvgIpc) is 2.80. The van der Waals surface area contributed by atoms with Crippen molar-refractivity contribution in [1.29, 1.82) is 0 Å². The first-order valence-electron chi connectivity index (χ1n) is 5.51. The van der Waals surface area contributed by atoms with E-state index < -0.39 is 11.7 Å². The Kier molecular flexibility index (Phi) is 3.28. The van der Waals surface area contributed by atoms with Crippen LogP contribution in [0.1, 0.15) is 30.0 Å². The Morgan fingerprint density at radius 2 is 2.12 bits per heavy atom. The summed E-state index contributed by atoms with van der Waals surface area (Å²) >= 11 is 0. The number of hydrogen-bond acceptors (Lipinski definition) is 2. The highest BCUT2D eigenvalue weighted by molar-refractivity contribution is 5.39. The van der Waals surface area contributed by atoms with Crippen LogP contribution in [0.2, 0.25) is 0 Å². The van der Waals surface area contributed by atoms with Crippen LogP contribution in [0.25, 0.3) is 0 Å². The predicted molar refractivity (Wildman–Crippen MR) is 58.0 cm³/mol. The van der Waals surface area contributed by atoms with Crippen molar-refractivity contribution < 1.29 is 17.9 Å². The van der Waals surface area contributed by atoms with Gasteiger partial charge in [0, 0.05) is 6.04 Å². The van der Waals surface area contributed by atoms with E-state index in [0.29, 0.717) is 5.75 Å². The van der Waals surface area contributed by atoms with Crippen LogP contribution in [0.3, 0.4) is 0 Å². The molecule has 0 aliphatic carbocycles. The summed E-state index contributed by atoms with van der Waals surface area (Å²) in [6.07, 6.45) is -2.68. The minimum absolute atomic E-state index is 0.221. The van der Waals surface area contributed by atoms with Gasteiger partial charge in [-0.1, -0.05) is 0 Å². The Bertz CT molecular complexity index is 397. The Labute approximate surface area is 97.8 Å². The number of methoxy groups -OCH3 is 1. The molecule has 94 valence electrons. The number of nitrogens with one attached hydrogen (secondary N) is 1. The van der Waals surface area contributed by atoms with E-state index in [9.17, 15) is 13.2 Å². The topological polar surface area (TPSA) is 21.3 Å². The molecule has 1 aliphatic heterocycles. The first-order valence-corrected chi connectivity index (χ1v) is 5.51. The van der Waals surface area contributed by atoms with Crippen molar-refractivity contribution >= 4 is 0 Å². The fourth-order valence-corrected chi connectivity index (χ4v) is 2.16. The molecule has 1 heterocycles. The van der Waals surface area contributed by atoms with Crippen LogP contribution >= 0.6 is 0 Å². The van der Waals surface area contributed by atoms with Crippen molar-refractivity contribution in [2.45, 2.75) is 25.1 Å². The molecule has 1 aromatic carbocycles. The maximum absolute atomic E-state index is 12.9. The van der Waals surface area contributed by atoms with Crippen LogP contribution in [0, 0.1) is 0 Å². The Hall–Kier alpha value is -1.23. The summed E-state index contributed by atoms with van der Waals surface area (Å²) < 4.78 is 43.6. The van der Waals surface area contributed by atoms with Gasteiger partial charge in [0.05, 0.1) is 12.7 Å². The number of rotatable bonds is 2. The van der Waals surface area contributed by atoms with E-state index in [4.69, 9.17) is 4.74 Å². The Morgan fingerprint density at radius 3 is 2.65 bits per heavy atom. The zero-order valence-corrected chi connectivity index (χ0v) is 9.47. The summed E-state index contributed by atoms with van der Waals surface area (Å²) in [5.41, 5.74) is -0.285. The lowest BCUT2D eigenvalue weighted by atomic mass is 9.98. The Balaban J connectivity index is 2.43. The molecule has 17 heavy (non-hydrogen) atoms. The molecular formula is C12H14F3NO. The maximum atomic E-state index is 12.9. The molecule has 2 nitrogen and oxygen atoms in total. The lowest BCUT2D eigenvalue weighted by Crippen LogP contribution is -2.18. The molecule has 0 bridgehead atoms. The molecule has 0 saturated carbocycles. The lowest BCUT2D eigenvalue weighted by molar-refractivity contribution is -0.138. The van der Waals surface area contributed by atoms with Gasteiger partial charge in [0.15, 0.2) is 0 Å². The van der Waals surface area contributed by atoms with E-state index in [1.165, 1.54) is 19.2 Å². The van der Waals surface area contributed by atoms with Crippen molar-refractivity contribution in [3.63, 3.8) is 0 Å². The van der Waals surface area contributed by atoms with Gasteiger partial charge < -0.3 is 10.1 Å². The summed E-state index contributed by atoms with van der Waals surface area (Å²) in [6, 6.07) is 3.70. The summed E-state index contributed by atoms with van der Waals surface area (Å²) in [7, 11) is 1.45. The largest absolute Gasteiger partial charge is 0.497 e. The molecule has 1 aliphatic rings. The van der Waals surface area contributed by atoms with E-state index in [1.54, 1.807) is 0 Å². The summed E-state index contributed by atoms with van der Waals surface area (Å²) in [5.74, 6) is 0.460. The fraction of sp³-hybridized carbons (Fsp3) is 0.500. The lowest BCUT2D eigenvalue weighted by Gasteiger charge is -2.18. The SMILES string of the molecule is COc1ccc(C(F)(F)F)c(C2CCCN2)c1. The van der Waals surface area contributed by atoms with Gasteiger partial charge in [-0.15, -0.1) is 0 Å². The zero-order valence-electron chi connectivity index (χ0n) is 9.47. The van der Waals surface area contributed by atoms with E-state index in [-0.39, 0.29) is 11.6 Å². The molecule has 5 heteroatoms. The van der Waals surface area contributed by atoms with Crippen molar-refractivity contribution in [2.75, 3.05) is 13.7 Å². The molecule has 1 N–H and O–H groups in total. The van der Waals surface area contributed by atoms with Crippen molar-refractivity contribution in [3.8, 4) is 5.75 Å². The highest BCUT2D eigenvalue weighted by Crippen LogP contribution is 2.38. The molecule has 0 radical (unpaired) electrons. The molecule has 2 rings (SSSR count). The van der Waals surface area contributed by atoms with Crippen LogP contribution in [0.15, 0.2) is 18.2 Å². The van der Waals surface area contributed by atoms with Gasteiger partial charge >= 0.3 is 6.18 Å². The van der Waals surface area contributed by atoms with Gasteiger partial charge in [0.2, 0.25) is 0 Å². The van der Waals surface area contributed by atoms with Crippen molar-refractivity contribution in [1.82, 2.24) is 5.32 Å². The number of halogens is 3. The second-order valence-electron chi connectivity index (χ2n) is 4.10. The quantitative estimate of drug-likeness (QED) is 0.864. The van der Waals surface area contributed by atoms with Crippen LogP contribution in [-0.2, 0) is 6.18 Å². The smallest absolute Gasteiger partial charge is 0.416 e. The summed E-state index contributed by atoms with van der Waals surface area (Å²) in [4.78, 5) is 0. The third-order valence-electron chi connectivity index (χ3n) is 3.00. The Morgan fingerprint density at radius 1 is 1.35 bits per heavy atom. The first kappa shape index (κ1) is 12.2. The first-order chi connectivity index (χ1) is 8.02. The highest BCUT2D eigenvalue weighted by Gasteiger charge is 2.36. The highest BCUT2D eigenvalue weighted by atomic mass is 19.4. The van der Waals surface area contributed by atoms with Crippen molar-refractivity contribution in [2.24, 2.45) is 0 Å². The van der Waals surface area contributed by atoms with E-state index in [1.807, 2.05) is 0 Å². The van der Waals surface area contributed by atoms with Gasteiger partial charge in [-0.3, -0.25) is 0 Å².